The van der Waals surface area contributed by atoms with Crippen LogP contribution in [0, 0.1) is 10.1 Å². The molecule has 146 valence electrons. The van der Waals surface area contributed by atoms with Crippen LogP contribution in [-0.2, 0) is 4.79 Å². The number of carbonyl (C=O) groups is 1. The zero-order chi connectivity index (χ0) is 19.8. The van der Waals surface area contributed by atoms with Crippen molar-refractivity contribution >= 4 is 23.5 Å². The summed E-state index contributed by atoms with van der Waals surface area (Å²) in [6.07, 6.45) is 1.81. The van der Waals surface area contributed by atoms with Crippen molar-refractivity contribution in [1.82, 2.24) is 5.43 Å². The average Bonchev–Trinajstić information content (AvgIpc) is 2.73. The van der Waals surface area contributed by atoms with E-state index in [9.17, 15) is 14.9 Å². The fourth-order valence-electron chi connectivity index (χ4n) is 3.21. The zero-order valence-corrected chi connectivity index (χ0v) is 15.6. The van der Waals surface area contributed by atoms with Crippen LogP contribution in [0.15, 0.2) is 59.7 Å². The topological polar surface area (TPSA) is 92.3 Å². The molecule has 1 aliphatic rings. The van der Waals surface area contributed by atoms with Crippen LogP contribution in [0.3, 0.4) is 0 Å². The molecule has 0 aromatic heterocycles. The van der Waals surface area contributed by atoms with Crippen molar-refractivity contribution in [1.29, 1.82) is 0 Å². The lowest BCUT2D eigenvalue weighted by atomic mass is 10.2. The van der Waals surface area contributed by atoms with Crippen LogP contribution in [0.1, 0.15) is 12.0 Å². The number of rotatable bonds is 7. The molecule has 1 amide bonds. The van der Waals surface area contributed by atoms with Crippen LogP contribution in [0.4, 0.5) is 11.4 Å². The minimum Gasteiger partial charge on any atom is -0.360 e. The summed E-state index contributed by atoms with van der Waals surface area (Å²) < 4.78 is 0. The van der Waals surface area contributed by atoms with Gasteiger partial charge in [0.2, 0.25) is 5.91 Å². The molecular formula is C20H24N5O3+. The summed E-state index contributed by atoms with van der Waals surface area (Å²) in [5, 5.41) is 14.7. The average molecular weight is 382 g/mol. The summed E-state index contributed by atoms with van der Waals surface area (Å²) in [4.78, 5) is 26.1. The Morgan fingerprint density at radius 2 is 1.93 bits per heavy atom. The van der Waals surface area contributed by atoms with Crippen LogP contribution in [0.2, 0.25) is 0 Å². The zero-order valence-electron chi connectivity index (χ0n) is 15.6. The highest BCUT2D eigenvalue weighted by atomic mass is 16.6. The fourth-order valence-corrected chi connectivity index (χ4v) is 3.21. The summed E-state index contributed by atoms with van der Waals surface area (Å²) in [6.45, 7) is 4.72. The van der Waals surface area contributed by atoms with Crippen molar-refractivity contribution in [3.05, 3.63) is 70.3 Å². The second-order valence-electron chi connectivity index (χ2n) is 6.72. The van der Waals surface area contributed by atoms with E-state index in [2.05, 4.69) is 27.6 Å². The lowest BCUT2D eigenvalue weighted by molar-refractivity contribution is -0.900. The first kappa shape index (κ1) is 19.5. The smallest absolute Gasteiger partial charge is 0.270 e. The van der Waals surface area contributed by atoms with E-state index in [0.717, 1.165) is 32.7 Å². The number of amides is 1. The summed E-state index contributed by atoms with van der Waals surface area (Å²) >= 11 is 0. The molecule has 2 N–H and O–H groups in total. The number of nitrogens with one attached hydrogen (secondary N) is 2. The largest absolute Gasteiger partial charge is 0.360 e. The van der Waals surface area contributed by atoms with Crippen molar-refractivity contribution < 1.29 is 14.6 Å². The Kier molecular flexibility index (Phi) is 6.69. The van der Waals surface area contributed by atoms with Gasteiger partial charge in [-0.1, -0.05) is 30.3 Å². The predicted molar refractivity (Wildman–Crippen MR) is 108 cm³/mol. The summed E-state index contributed by atoms with van der Waals surface area (Å²) in [6, 6.07) is 16.5. The summed E-state index contributed by atoms with van der Waals surface area (Å²) in [5.41, 5.74) is 4.30. The molecule has 0 aliphatic carbocycles. The lowest BCUT2D eigenvalue weighted by Crippen LogP contribution is -3.15. The maximum Gasteiger partial charge on any atom is 0.270 e. The van der Waals surface area contributed by atoms with Gasteiger partial charge in [-0.3, -0.25) is 14.9 Å². The van der Waals surface area contributed by atoms with Crippen molar-refractivity contribution in [2.45, 2.75) is 6.42 Å². The molecule has 0 unspecified atom stereocenters. The molecule has 2 aromatic rings. The van der Waals surface area contributed by atoms with Gasteiger partial charge in [-0.15, -0.1) is 0 Å². The van der Waals surface area contributed by atoms with Gasteiger partial charge in [0.25, 0.3) is 5.69 Å². The van der Waals surface area contributed by atoms with Crippen molar-refractivity contribution in [3.8, 4) is 0 Å². The van der Waals surface area contributed by atoms with Crippen LogP contribution < -0.4 is 15.2 Å². The van der Waals surface area contributed by atoms with E-state index in [1.807, 2.05) is 18.2 Å². The van der Waals surface area contributed by atoms with E-state index >= 15 is 0 Å². The number of nitro groups is 1. The Morgan fingerprint density at radius 1 is 1.18 bits per heavy atom. The molecule has 28 heavy (non-hydrogen) atoms. The van der Waals surface area contributed by atoms with Crippen LogP contribution >= 0.6 is 0 Å². The molecule has 2 aromatic carbocycles. The molecule has 1 heterocycles. The maximum absolute atomic E-state index is 12.0. The monoisotopic (exact) mass is 382 g/mol. The molecule has 0 atom stereocenters. The standard InChI is InChI=1S/C20H23N5O3/c26-20(22-21-16-17-5-4-8-19(15-17)25(27)28)9-10-23-11-13-24(14-12-23)18-6-2-1-3-7-18/h1-8,15-16H,9-14H2,(H,22,26)/p+1/b21-16-. The van der Waals surface area contributed by atoms with E-state index in [0.29, 0.717) is 12.0 Å². The SMILES string of the molecule is O=C(CC[NH+]1CCN(c2ccccc2)CC1)N/N=C\c1cccc([N+](=O)[O-])c1. The third-order valence-corrected chi connectivity index (χ3v) is 4.78. The number of benzene rings is 2. The van der Waals surface area contributed by atoms with Gasteiger partial charge in [0.15, 0.2) is 0 Å². The number of non-ortho nitro benzene ring substituents is 1. The highest BCUT2D eigenvalue weighted by Gasteiger charge is 2.20. The van der Waals surface area contributed by atoms with Gasteiger partial charge in [-0.2, -0.15) is 5.10 Å². The number of nitro benzene ring substituents is 1. The Labute approximate surface area is 163 Å². The van der Waals surface area contributed by atoms with Crippen LogP contribution in [-0.4, -0.2) is 49.8 Å². The van der Waals surface area contributed by atoms with E-state index in [-0.39, 0.29) is 11.6 Å². The number of anilines is 1. The molecule has 0 radical (unpaired) electrons. The molecular weight excluding hydrogens is 358 g/mol. The Bertz CT molecular complexity index is 833. The normalized spacial score (nSPS) is 14.9. The minimum atomic E-state index is -0.462. The van der Waals surface area contributed by atoms with Gasteiger partial charge in [0.1, 0.15) is 0 Å². The third-order valence-electron chi connectivity index (χ3n) is 4.78. The van der Waals surface area contributed by atoms with Crippen LogP contribution in [0.25, 0.3) is 0 Å². The van der Waals surface area contributed by atoms with Gasteiger partial charge >= 0.3 is 0 Å². The number of hydrogen-bond acceptors (Lipinski definition) is 5. The quantitative estimate of drug-likeness (QED) is 0.422. The third kappa shape index (κ3) is 5.62. The predicted octanol–water partition coefficient (Wildman–Crippen LogP) is 0.840. The second-order valence-corrected chi connectivity index (χ2v) is 6.72. The second kappa shape index (κ2) is 9.61. The molecule has 1 saturated heterocycles. The molecule has 0 saturated carbocycles. The molecule has 1 fully saturated rings. The van der Waals surface area contributed by atoms with Gasteiger partial charge in [-0.05, 0) is 12.1 Å². The lowest BCUT2D eigenvalue weighted by Gasteiger charge is -2.33. The molecule has 0 spiro atoms. The number of hydrogen-bond donors (Lipinski definition) is 2. The number of hydrazone groups is 1. The number of carbonyl (C=O) groups excluding carboxylic acids is 1. The first-order valence-electron chi connectivity index (χ1n) is 9.32. The fraction of sp³-hybridized carbons (Fsp3) is 0.300. The number of para-hydroxylation sites is 1. The Morgan fingerprint density at radius 3 is 2.64 bits per heavy atom. The number of piperazine rings is 1. The van der Waals surface area contributed by atoms with Gasteiger partial charge in [0, 0.05) is 23.4 Å². The molecule has 8 heteroatoms. The first-order valence-corrected chi connectivity index (χ1v) is 9.32. The molecule has 0 bridgehead atoms. The van der Waals surface area contributed by atoms with Gasteiger partial charge in [0.05, 0.1) is 50.3 Å². The first-order chi connectivity index (χ1) is 13.6. The number of nitrogens with zero attached hydrogens (tertiary/aromatic N) is 3. The molecule has 1 aliphatic heterocycles. The molecule has 3 rings (SSSR count). The summed E-state index contributed by atoms with van der Waals surface area (Å²) in [7, 11) is 0. The van der Waals surface area contributed by atoms with Gasteiger partial charge in [-0.25, -0.2) is 5.43 Å². The van der Waals surface area contributed by atoms with Crippen LogP contribution in [0.5, 0.6) is 0 Å². The van der Waals surface area contributed by atoms with E-state index in [4.69, 9.17) is 0 Å². The van der Waals surface area contributed by atoms with E-state index in [1.165, 1.54) is 28.9 Å². The molecule has 8 nitrogen and oxygen atoms in total. The van der Waals surface area contributed by atoms with Crippen molar-refractivity contribution in [2.75, 3.05) is 37.6 Å². The minimum absolute atomic E-state index is 0.00600. The number of quaternary nitrogens is 1. The highest BCUT2D eigenvalue weighted by molar-refractivity contribution is 5.83. The Balaban J connectivity index is 1.38. The van der Waals surface area contributed by atoms with Crippen molar-refractivity contribution in [2.24, 2.45) is 5.10 Å². The Hall–Kier alpha value is -3.26. The van der Waals surface area contributed by atoms with E-state index < -0.39 is 4.92 Å². The van der Waals surface area contributed by atoms with Gasteiger partial charge < -0.3 is 9.80 Å². The highest BCUT2D eigenvalue weighted by Crippen LogP contribution is 2.12. The van der Waals surface area contributed by atoms with E-state index in [1.54, 1.807) is 12.1 Å². The summed E-state index contributed by atoms with van der Waals surface area (Å²) in [5.74, 6) is -0.153. The maximum atomic E-state index is 12.0. The van der Waals surface area contributed by atoms with Crippen molar-refractivity contribution in [3.63, 3.8) is 0 Å².